The van der Waals surface area contributed by atoms with Crippen LogP contribution in [0.5, 0.6) is 11.8 Å². The van der Waals surface area contributed by atoms with Crippen molar-refractivity contribution >= 4 is 28.6 Å². The minimum Gasteiger partial charge on any atom is -0.478 e. The summed E-state index contributed by atoms with van der Waals surface area (Å²) in [5, 5.41) is 9.92. The molecule has 6 heteroatoms. The molecule has 5 nitrogen and oxygen atoms in total. The van der Waals surface area contributed by atoms with Crippen LogP contribution in [0.25, 0.3) is 22.2 Å². The van der Waals surface area contributed by atoms with Crippen molar-refractivity contribution in [2.24, 2.45) is 0 Å². The molecule has 0 aliphatic heterocycles. The van der Waals surface area contributed by atoms with Crippen molar-refractivity contribution < 1.29 is 14.6 Å². The molecule has 4 aromatic rings. The average Bonchev–Trinajstić information content (AvgIpc) is 3.14. The van der Waals surface area contributed by atoms with Crippen molar-refractivity contribution in [2.75, 3.05) is 0 Å². The Morgan fingerprint density at radius 3 is 2.61 bits per heavy atom. The number of unbranched alkanes of at least 4 members (excludes halogenated alkanes) is 1. The van der Waals surface area contributed by atoms with E-state index in [9.17, 15) is 9.90 Å². The van der Waals surface area contributed by atoms with Gasteiger partial charge in [0.25, 0.3) is 6.01 Å². The van der Waals surface area contributed by atoms with Crippen molar-refractivity contribution in [2.45, 2.75) is 33.1 Å². The third-order valence-corrected chi connectivity index (χ3v) is 5.60. The minimum atomic E-state index is -0.996. The van der Waals surface area contributed by atoms with Gasteiger partial charge in [-0.2, -0.15) is 4.98 Å². The van der Waals surface area contributed by atoms with Gasteiger partial charge in [-0.1, -0.05) is 55.3 Å². The Morgan fingerprint density at radius 1 is 1.13 bits per heavy atom. The Bertz CT molecular complexity index is 1250. The number of carboxylic acids is 1. The van der Waals surface area contributed by atoms with E-state index in [1.54, 1.807) is 19.1 Å². The van der Waals surface area contributed by atoms with E-state index in [0.29, 0.717) is 16.3 Å². The number of rotatable bonds is 7. The number of hydrogen-bond donors (Lipinski definition) is 2. The Kier molecular flexibility index (Phi) is 5.96. The number of hydrogen-bond acceptors (Lipinski definition) is 3. The van der Waals surface area contributed by atoms with Crippen LogP contribution in [0.4, 0.5) is 0 Å². The minimum absolute atomic E-state index is 0.196. The number of nitrogens with zero attached hydrogens (tertiary/aromatic N) is 1. The summed E-state index contributed by atoms with van der Waals surface area (Å²) in [6, 6.07) is 17.4. The fourth-order valence-corrected chi connectivity index (χ4v) is 3.79. The molecule has 0 atom stereocenters. The van der Waals surface area contributed by atoms with Crippen molar-refractivity contribution in [3.05, 3.63) is 76.3 Å². The van der Waals surface area contributed by atoms with Gasteiger partial charge in [0.15, 0.2) is 0 Å². The molecular formula is C25H23ClN2O3. The lowest BCUT2D eigenvalue weighted by Gasteiger charge is -2.06. The number of imidazole rings is 1. The van der Waals surface area contributed by atoms with Gasteiger partial charge in [-0.3, -0.25) is 0 Å². The molecule has 0 saturated carbocycles. The first kappa shape index (κ1) is 20.9. The second-order valence-corrected chi connectivity index (χ2v) is 7.98. The second kappa shape index (κ2) is 8.82. The Morgan fingerprint density at radius 2 is 1.90 bits per heavy atom. The predicted molar refractivity (Wildman–Crippen MR) is 123 cm³/mol. The molecule has 0 unspecified atom stereocenters. The van der Waals surface area contributed by atoms with Gasteiger partial charge in [-0.15, -0.1) is 0 Å². The molecule has 0 fully saturated rings. The predicted octanol–water partition coefficient (Wildman–Crippen LogP) is 7.02. The van der Waals surface area contributed by atoms with E-state index in [0.717, 1.165) is 28.6 Å². The monoisotopic (exact) mass is 434 g/mol. The van der Waals surface area contributed by atoms with Crippen LogP contribution in [0.2, 0.25) is 5.02 Å². The van der Waals surface area contributed by atoms with E-state index < -0.39 is 5.97 Å². The van der Waals surface area contributed by atoms with Crippen LogP contribution in [0, 0.1) is 6.92 Å². The van der Waals surface area contributed by atoms with Gasteiger partial charge in [0, 0.05) is 5.56 Å². The number of fused-ring (bicyclic) bond motifs is 1. The zero-order valence-corrected chi connectivity index (χ0v) is 18.2. The van der Waals surface area contributed by atoms with E-state index in [1.165, 1.54) is 24.5 Å². The fraction of sp³-hybridized carbons (Fsp3) is 0.200. The van der Waals surface area contributed by atoms with Crippen molar-refractivity contribution in [1.29, 1.82) is 0 Å². The number of ether oxygens (including phenoxy) is 1. The first-order valence-electron chi connectivity index (χ1n) is 10.2. The molecule has 0 aliphatic carbocycles. The van der Waals surface area contributed by atoms with Gasteiger partial charge < -0.3 is 14.8 Å². The van der Waals surface area contributed by atoms with Gasteiger partial charge in [-0.05, 0) is 60.7 Å². The second-order valence-electron chi connectivity index (χ2n) is 7.58. The number of aromatic carboxylic acids is 1. The first-order valence-corrected chi connectivity index (χ1v) is 10.6. The number of aromatic nitrogens is 2. The molecule has 0 aliphatic rings. The van der Waals surface area contributed by atoms with E-state index in [1.807, 2.05) is 12.1 Å². The first-order chi connectivity index (χ1) is 14.9. The molecule has 1 aromatic heterocycles. The molecule has 1 heterocycles. The van der Waals surface area contributed by atoms with Crippen LogP contribution in [0.15, 0.2) is 54.6 Å². The lowest BCUT2D eigenvalue weighted by molar-refractivity contribution is 0.0695. The van der Waals surface area contributed by atoms with Gasteiger partial charge in [0.1, 0.15) is 5.75 Å². The highest BCUT2D eigenvalue weighted by Crippen LogP contribution is 2.33. The van der Waals surface area contributed by atoms with Gasteiger partial charge in [0.05, 0.1) is 21.6 Å². The molecule has 31 heavy (non-hydrogen) atoms. The Hall–Kier alpha value is -3.31. The Labute approximate surface area is 185 Å². The van der Waals surface area contributed by atoms with Crippen molar-refractivity contribution in [3.8, 4) is 22.9 Å². The van der Waals surface area contributed by atoms with Crippen LogP contribution in [0.3, 0.4) is 0 Å². The quantitative estimate of drug-likeness (QED) is 0.327. The van der Waals surface area contributed by atoms with Crippen molar-refractivity contribution in [1.82, 2.24) is 9.97 Å². The molecule has 0 spiro atoms. The van der Waals surface area contributed by atoms with Crippen LogP contribution >= 0.6 is 11.6 Å². The van der Waals surface area contributed by atoms with E-state index in [2.05, 4.69) is 41.2 Å². The number of halogens is 1. The van der Waals surface area contributed by atoms with Crippen LogP contribution in [-0.2, 0) is 6.42 Å². The lowest BCUT2D eigenvalue weighted by atomic mass is 10.0. The average molecular weight is 435 g/mol. The zero-order valence-electron chi connectivity index (χ0n) is 17.4. The number of carboxylic acid groups (broad SMARTS) is 1. The molecule has 2 N–H and O–H groups in total. The number of benzene rings is 3. The van der Waals surface area contributed by atoms with Crippen LogP contribution < -0.4 is 4.74 Å². The number of H-pyrrole nitrogens is 1. The molecule has 0 bridgehead atoms. The topological polar surface area (TPSA) is 75.2 Å². The number of nitrogens with one attached hydrogen (secondary N) is 1. The summed E-state index contributed by atoms with van der Waals surface area (Å²) < 4.78 is 5.77. The summed E-state index contributed by atoms with van der Waals surface area (Å²) in [5.74, 6) is -0.597. The summed E-state index contributed by atoms with van der Waals surface area (Å²) in [6.45, 7) is 3.93. The van der Waals surface area contributed by atoms with E-state index in [-0.39, 0.29) is 11.6 Å². The SMILES string of the molecule is CCCCc1ccc(-c2cc3nc(Oc4ccc(C)c(C(=O)O)c4)[nH]c3cc2Cl)cc1. The van der Waals surface area contributed by atoms with Gasteiger partial charge in [0.2, 0.25) is 0 Å². The largest absolute Gasteiger partial charge is 0.478 e. The van der Waals surface area contributed by atoms with Gasteiger partial charge in [-0.25, -0.2) is 4.79 Å². The summed E-state index contributed by atoms with van der Waals surface area (Å²) in [5.41, 5.74) is 5.57. The molecule has 0 amide bonds. The highest BCUT2D eigenvalue weighted by molar-refractivity contribution is 6.34. The lowest BCUT2D eigenvalue weighted by Crippen LogP contribution is -2.00. The smallest absolute Gasteiger partial charge is 0.336 e. The summed E-state index contributed by atoms with van der Waals surface area (Å²) >= 11 is 6.55. The van der Waals surface area contributed by atoms with Crippen LogP contribution in [0.1, 0.15) is 41.3 Å². The molecule has 4 rings (SSSR count). The van der Waals surface area contributed by atoms with Crippen LogP contribution in [-0.4, -0.2) is 21.0 Å². The zero-order chi connectivity index (χ0) is 22.0. The number of aromatic amines is 1. The summed E-state index contributed by atoms with van der Waals surface area (Å²) in [4.78, 5) is 19.0. The number of carbonyl (C=O) groups is 1. The molecule has 158 valence electrons. The standard InChI is InChI=1S/C25H23ClN2O3/c1-3-4-5-16-7-9-17(10-8-16)20-13-22-23(14-21(20)26)28-25(27-22)31-18-11-6-15(2)19(12-18)24(29)30/h6-14H,3-5H2,1-2H3,(H,27,28)(H,29,30). The molecule has 0 radical (unpaired) electrons. The van der Waals surface area contributed by atoms with E-state index >= 15 is 0 Å². The van der Waals surface area contributed by atoms with E-state index in [4.69, 9.17) is 16.3 Å². The summed E-state index contributed by atoms with van der Waals surface area (Å²) in [6.07, 6.45) is 3.43. The Balaban J connectivity index is 1.62. The highest BCUT2D eigenvalue weighted by Gasteiger charge is 2.13. The fourth-order valence-electron chi connectivity index (χ4n) is 3.52. The van der Waals surface area contributed by atoms with Gasteiger partial charge >= 0.3 is 5.97 Å². The molecule has 3 aromatic carbocycles. The maximum absolute atomic E-state index is 11.4. The molecular weight excluding hydrogens is 412 g/mol. The third kappa shape index (κ3) is 4.57. The number of aryl methyl sites for hydroxylation is 2. The summed E-state index contributed by atoms with van der Waals surface area (Å²) in [7, 11) is 0. The normalized spacial score (nSPS) is 11.1. The third-order valence-electron chi connectivity index (χ3n) is 5.29. The maximum atomic E-state index is 11.4. The maximum Gasteiger partial charge on any atom is 0.336 e. The molecule has 0 saturated heterocycles. The highest BCUT2D eigenvalue weighted by atomic mass is 35.5. The van der Waals surface area contributed by atoms with Crippen molar-refractivity contribution in [3.63, 3.8) is 0 Å².